The van der Waals surface area contributed by atoms with Gasteiger partial charge in [-0.15, -0.1) is 12.4 Å². The molecule has 0 spiro atoms. The Hall–Kier alpha value is 0.210. The number of methoxy groups -OCH3 is 1. The summed E-state index contributed by atoms with van der Waals surface area (Å²) in [6, 6.07) is 0. The number of hydrogen-bond acceptors (Lipinski definition) is 2. The van der Waals surface area contributed by atoms with Crippen molar-refractivity contribution in [2.75, 3.05) is 13.7 Å². The molecule has 2 nitrogen and oxygen atoms in total. The second kappa shape index (κ2) is 10.2. The molecular weight excluding hydrogens is 162 g/mol. The van der Waals surface area contributed by atoms with E-state index in [0.29, 0.717) is 6.10 Å². The van der Waals surface area contributed by atoms with E-state index in [1.165, 1.54) is 6.42 Å². The SMILES string of the molecule is CCCC(CCCN)OC.Cl. The smallest absolute Gasteiger partial charge is 0.0571 e. The summed E-state index contributed by atoms with van der Waals surface area (Å²) in [5.74, 6) is 0. The van der Waals surface area contributed by atoms with E-state index < -0.39 is 0 Å². The molecule has 1 unspecified atom stereocenters. The summed E-state index contributed by atoms with van der Waals surface area (Å²) in [6.07, 6.45) is 4.99. The van der Waals surface area contributed by atoms with Crippen LogP contribution in [0, 0.1) is 0 Å². The third-order valence-corrected chi connectivity index (χ3v) is 1.67. The highest BCUT2D eigenvalue weighted by Gasteiger charge is 2.03. The summed E-state index contributed by atoms with van der Waals surface area (Å²) >= 11 is 0. The number of ether oxygens (including phenoxy) is 1. The van der Waals surface area contributed by atoms with Crippen LogP contribution >= 0.6 is 12.4 Å². The highest BCUT2D eigenvalue weighted by atomic mass is 35.5. The fraction of sp³-hybridized carbons (Fsp3) is 1.00. The molecular formula is C8H20ClNO. The van der Waals surface area contributed by atoms with E-state index in [0.717, 1.165) is 25.8 Å². The van der Waals surface area contributed by atoms with Crippen LogP contribution in [0.15, 0.2) is 0 Å². The Labute approximate surface area is 75.9 Å². The molecule has 0 heterocycles. The maximum absolute atomic E-state index is 5.37. The van der Waals surface area contributed by atoms with Gasteiger partial charge in [0, 0.05) is 7.11 Å². The zero-order valence-electron chi connectivity index (χ0n) is 7.51. The van der Waals surface area contributed by atoms with Gasteiger partial charge in [-0.1, -0.05) is 13.3 Å². The number of hydrogen-bond donors (Lipinski definition) is 1. The Balaban J connectivity index is 0. The monoisotopic (exact) mass is 181 g/mol. The molecule has 0 aliphatic heterocycles. The minimum absolute atomic E-state index is 0. The molecule has 0 rings (SSSR count). The first kappa shape index (κ1) is 13.8. The average Bonchev–Trinajstić information content (AvgIpc) is 1.98. The first-order chi connectivity index (χ1) is 4.85. The van der Waals surface area contributed by atoms with Gasteiger partial charge in [-0.3, -0.25) is 0 Å². The Morgan fingerprint density at radius 2 is 2.00 bits per heavy atom. The quantitative estimate of drug-likeness (QED) is 0.680. The van der Waals surface area contributed by atoms with Crippen LogP contribution in [0.5, 0.6) is 0 Å². The number of nitrogens with two attached hydrogens (primary N) is 1. The standard InChI is InChI=1S/C8H19NO.ClH/c1-3-5-8(10-2)6-4-7-9;/h8H,3-7,9H2,1-2H3;1H. The van der Waals surface area contributed by atoms with Crippen LogP contribution in [0.2, 0.25) is 0 Å². The second-order valence-corrected chi connectivity index (χ2v) is 2.58. The van der Waals surface area contributed by atoms with Gasteiger partial charge in [0.2, 0.25) is 0 Å². The molecule has 3 heteroatoms. The molecule has 0 amide bonds. The van der Waals surface area contributed by atoms with Crippen LogP contribution in [0.1, 0.15) is 32.6 Å². The molecule has 0 aromatic carbocycles. The predicted molar refractivity (Wildman–Crippen MR) is 51.2 cm³/mol. The maximum Gasteiger partial charge on any atom is 0.0571 e. The Morgan fingerprint density at radius 1 is 1.36 bits per heavy atom. The molecule has 1 atom stereocenters. The van der Waals surface area contributed by atoms with Crippen molar-refractivity contribution >= 4 is 12.4 Å². The highest BCUT2D eigenvalue weighted by molar-refractivity contribution is 5.85. The third-order valence-electron chi connectivity index (χ3n) is 1.67. The van der Waals surface area contributed by atoms with Crippen molar-refractivity contribution in [1.82, 2.24) is 0 Å². The summed E-state index contributed by atoms with van der Waals surface area (Å²) in [5, 5.41) is 0. The molecule has 0 aromatic rings. The Kier molecular flexibility index (Phi) is 12.8. The zero-order valence-corrected chi connectivity index (χ0v) is 8.32. The summed E-state index contributed by atoms with van der Waals surface area (Å²) in [6.45, 7) is 2.96. The van der Waals surface area contributed by atoms with Gasteiger partial charge in [0.25, 0.3) is 0 Å². The summed E-state index contributed by atoms with van der Waals surface area (Å²) in [5.41, 5.74) is 5.37. The van der Waals surface area contributed by atoms with Crippen LogP contribution in [0.25, 0.3) is 0 Å². The van der Waals surface area contributed by atoms with E-state index in [-0.39, 0.29) is 12.4 Å². The van der Waals surface area contributed by atoms with Crippen molar-refractivity contribution in [3.05, 3.63) is 0 Å². The van der Waals surface area contributed by atoms with E-state index in [1.54, 1.807) is 7.11 Å². The normalized spacial score (nSPS) is 12.3. The van der Waals surface area contributed by atoms with Crippen molar-refractivity contribution in [3.63, 3.8) is 0 Å². The fourth-order valence-corrected chi connectivity index (χ4v) is 1.05. The average molecular weight is 182 g/mol. The maximum atomic E-state index is 5.37. The molecule has 2 N–H and O–H groups in total. The van der Waals surface area contributed by atoms with E-state index in [9.17, 15) is 0 Å². The van der Waals surface area contributed by atoms with Gasteiger partial charge in [-0.05, 0) is 25.8 Å². The van der Waals surface area contributed by atoms with Crippen LogP contribution in [0.4, 0.5) is 0 Å². The Morgan fingerprint density at radius 3 is 2.36 bits per heavy atom. The lowest BCUT2D eigenvalue weighted by Crippen LogP contribution is -2.12. The molecule has 0 radical (unpaired) electrons. The van der Waals surface area contributed by atoms with Crippen molar-refractivity contribution in [1.29, 1.82) is 0 Å². The molecule has 0 saturated heterocycles. The first-order valence-electron chi connectivity index (χ1n) is 4.08. The summed E-state index contributed by atoms with van der Waals surface area (Å²) in [4.78, 5) is 0. The molecule has 0 aromatic heterocycles. The van der Waals surface area contributed by atoms with Crippen molar-refractivity contribution < 1.29 is 4.74 Å². The van der Waals surface area contributed by atoms with E-state index >= 15 is 0 Å². The van der Waals surface area contributed by atoms with Crippen LogP contribution in [-0.4, -0.2) is 19.8 Å². The fourth-order valence-electron chi connectivity index (χ4n) is 1.05. The molecule has 0 bridgehead atoms. The predicted octanol–water partition coefficient (Wildman–Crippen LogP) is 1.96. The van der Waals surface area contributed by atoms with E-state index in [4.69, 9.17) is 10.5 Å². The second-order valence-electron chi connectivity index (χ2n) is 2.58. The summed E-state index contributed by atoms with van der Waals surface area (Å²) < 4.78 is 5.24. The minimum atomic E-state index is 0. The molecule has 0 saturated carbocycles. The Bertz CT molecular complexity index is 71.1. The topological polar surface area (TPSA) is 35.2 Å². The molecule has 11 heavy (non-hydrogen) atoms. The van der Waals surface area contributed by atoms with Gasteiger partial charge in [-0.25, -0.2) is 0 Å². The van der Waals surface area contributed by atoms with Gasteiger partial charge in [0.1, 0.15) is 0 Å². The first-order valence-corrected chi connectivity index (χ1v) is 4.08. The largest absolute Gasteiger partial charge is 0.381 e. The lowest BCUT2D eigenvalue weighted by Gasteiger charge is -2.12. The number of halogens is 1. The van der Waals surface area contributed by atoms with Gasteiger partial charge in [0.05, 0.1) is 6.10 Å². The van der Waals surface area contributed by atoms with Gasteiger partial charge in [-0.2, -0.15) is 0 Å². The highest BCUT2D eigenvalue weighted by Crippen LogP contribution is 2.06. The summed E-state index contributed by atoms with van der Waals surface area (Å²) in [7, 11) is 1.77. The van der Waals surface area contributed by atoms with Gasteiger partial charge >= 0.3 is 0 Å². The molecule has 70 valence electrons. The lowest BCUT2D eigenvalue weighted by atomic mass is 10.1. The van der Waals surface area contributed by atoms with E-state index in [2.05, 4.69) is 6.92 Å². The van der Waals surface area contributed by atoms with Crippen LogP contribution in [0.3, 0.4) is 0 Å². The van der Waals surface area contributed by atoms with Crippen LogP contribution < -0.4 is 5.73 Å². The van der Waals surface area contributed by atoms with Crippen LogP contribution in [-0.2, 0) is 4.74 Å². The third kappa shape index (κ3) is 8.11. The number of rotatable bonds is 6. The van der Waals surface area contributed by atoms with Gasteiger partial charge < -0.3 is 10.5 Å². The van der Waals surface area contributed by atoms with Gasteiger partial charge in [0.15, 0.2) is 0 Å². The van der Waals surface area contributed by atoms with Crippen molar-refractivity contribution in [2.24, 2.45) is 5.73 Å². The zero-order chi connectivity index (χ0) is 7.82. The molecule has 0 aliphatic carbocycles. The molecule has 0 fully saturated rings. The molecule has 0 aliphatic rings. The van der Waals surface area contributed by atoms with Crippen molar-refractivity contribution in [3.8, 4) is 0 Å². The lowest BCUT2D eigenvalue weighted by molar-refractivity contribution is 0.0862. The van der Waals surface area contributed by atoms with E-state index in [1.807, 2.05) is 0 Å². The minimum Gasteiger partial charge on any atom is -0.381 e. The van der Waals surface area contributed by atoms with Crippen molar-refractivity contribution in [2.45, 2.75) is 38.7 Å².